The first-order valence-electron chi connectivity index (χ1n) is 9.43. The summed E-state index contributed by atoms with van der Waals surface area (Å²) in [5.74, 6) is 1.15. The predicted octanol–water partition coefficient (Wildman–Crippen LogP) is 4.41. The Labute approximate surface area is 155 Å². The lowest BCUT2D eigenvalue weighted by molar-refractivity contribution is 0.0582. The Balaban J connectivity index is 2.37. The summed E-state index contributed by atoms with van der Waals surface area (Å²) in [7, 11) is 0. The fourth-order valence-electron chi connectivity index (χ4n) is 3.30. The van der Waals surface area contributed by atoms with Gasteiger partial charge in [-0.1, -0.05) is 32.0 Å². The zero-order valence-electron chi connectivity index (χ0n) is 16.4. The molecule has 0 radical (unpaired) electrons. The second kappa shape index (κ2) is 7.33. The van der Waals surface area contributed by atoms with E-state index in [0.717, 1.165) is 39.9 Å². The van der Waals surface area contributed by atoms with Crippen LogP contribution in [0, 0.1) is 0 Å². The van der Waals surface area contributed by atoms with E-state index in [9.17, 15) is 5.11 Å². The number of hydrogen-bond donors (Lipinski definition) is 1. The molecule has 2 heterocycles. The summed E-state index contributed by atoms with van der Waals surface area (Å²) in [6, 6.07) is 8.16. The summed E-state index contributed by atoms with van der Waals surface area (Å²) in [5, 5.41) is 11.6. The third-order valence-corrected chi connectivity index (χ3v) is 4.75. The smallest absolute Gasteiger partial charge is 0.136 e. The van der Waals surface area contributed by atoms with Crippen LogP contribution in [0.4, 0.5) is 0 Å². The molecule has 0 amide bonds. The Bertz CT molecular complexity index is 909. The van der Waals surface area contributed by atoms with Crippen molar-refractivity contribution in [3.8, 4) is 0 Å². The molecule has 140 valence electrons. The first-order chi connectivity index (χ1) is 12.4. The molecule has 26 heavy (non-hydrogen) atoms. The number of imidazole rings is 1. The van der Waals surface area contributed by atoms with Crippen LogP contribution in [-0.4, -0.2) is 31.8 Å². The molecule has 5 heteroatoms. The topological polar surface area (TPSA) is 60.2 Å². The van der Waals surface area contributed by atoms with Gasteiger partial charge in [-0.2, -0.15) is 0 Å². The highest BCUT2D eigenvalue weighted by molar-refractivity contribution is 6.03. The minimum absolute atomic E-state index is 0.313. The van der Waals surface area contributed by atoms with Crippen LogP contribution in [0.1, 0.15) is 58.5 Å². The van der Waals surface area contributed by atoms with E-state index in [4.69, 9.17) is 14.7 Å². The first kappa shape index (κ1) is 18.8. The summed E-state index contributed by atoms with van der Waals surface area (Å²) >= 11 is 0. The number of pyridine rings is 1. The second-order valence-electron chi connectivity index (χ2n) is 7.58. The Morgan fingerprint density at radius 3 is 2.58 bits per heavy atom. The van der Waals surface area contributed by atoms with Crippen molar-refractivity contribution in [2.75, 3.05) is 6.61 Å². The first-order valence-corrected chi connectivity index (χ1v) is 9.43. The fraction of sp³-hybridized carbons (Fsp3) is 0.524. The van der Waals surface area contributed by atoms with Crippen molar-refractivity contribution in [3.63, 3.8) is 0 Å². The minimum atomic E-state index is -0.852. The van der Waals surface area contributed by atoms with Gasteiger partial charge in [0.1, 0.15) is 17.9 Å². The second-order valence-corrected chi connectivity index (χ2v) is 7.58. The van der Waals surface area contributed by atoms with Crippen LogP contribution >= 0.6 is 0 Å². The van der Waals surface area contributed by atoms with Crippen LogP contribution in [0.3, 0.4) is 0 Å². The maximum absolute atomic E-state index is 10.5. The highest BCUT2D eigenvalue weighted by Gasteiger charge is 2.24. The fourth-order valence-corrected chi connectivity index (χ4v) is 3.30. The van der Waals surface area contributed by atoms with Gasteiger partial charge in [-0.05, 0) is 33.3 Å². The molecule has 0 fully saturated rings. The molecule has 1 N–H and O–H groups in total. The van der Waals surface area contributed by atoms with Crippen molar-refractivity contribution in [3.05, 3.63) is 35.8 Å². The number of benzene rings is 1. The van der Waals surface area contributed by atoms with E-state index in [1.807, 2.05) is 39.0 Å². The van der Waals surface area contributed by atoms with Crippen molar-refractivity contribution < 1.29 is 9.84 Å². The monoisotopic (exact) mass is 355 g/mol. The molecule has 1 unspecified atom stereocenters. The van der Waals surface area contributed by atoms with Gasteiger partial charge in [0.15, 0.2) is 0 Å². The molecule has 0 spiro atoms. The number of nitrogens with zero attached hydrogens (tertiary/aromatic N) is 3. The molecule has 1 aromatic carbocycles. The maximum Gasteiger partial charge on any atom is 0.136 e. The molecule has 0 aliphatic heterocycles. The predicted molar refractivity (Wildman–Crippen MR) is 105 cm³/mol. The lowest BCUT2D eigenvalue weighted by Gasteiger charge is -2.21. The standard InChI is InChI=1S/C21H29N3O2/c1-6-14(3)18-19-20(15-10-8-9-11-16(15)22-18)24(13-21(4,5)25)17(23-19)12-26-7-2/h8-11,14,25H,6-7,12-13H2,1-5H3. The number of rotatable bonds is 7. The molecule has 0 aliphatic rings. The molecule has 0 bridgehead atoms. The van der Waals surface area contributed by atoms with E-state index in [0.29, 0.717) is 25.7 Å². The molecule has 0 saturated carbocycles. The van der Waals surface area contributed by atoms with Crippen LogP contribution < -0.4 is 0 Å². The molecule has 3 aromatic rings. The number of para-hydroxylation sites is 1. The van der Waals surface area contributed by atoms with Gasteiger partial charge < -0.3 is 14.4 Å². The van der Waals surface area contributed by atoms with Gasteiger partial charge in [-0.15, -0.1) is 0 Å². The Morgan fingerprint density at radius 2 is 1.92 bits per heavy atom. The van der Waals surface area contributed by atoms with E-state index in [2.05, 4.69) is 24.5 Å². The molecular formula is C21H29N3O2. The SMILES string of the molecule is CCOCc1nc2c(C(C)CC)nc3ccccc3c2n1CC(C)(C)O. The number of ether oxygens (including phenoxy) is 1. The lowest BCUT2D eigenvalue weighted by atomic mass is 10.0. The van der Waals surface area contributed by atoms with Crippen molar-refractivity contribution in [1.29, 1.82) is 0 Å². The van der Waals surface area contributed by atoms with E-state index in [-0.39, 0.29) is 0 Å². The minimum Gasteiger partial charge on any atom is -0.389 e. The van der Waals surface area contributed by atoms with Crippen LogP contribution in [-0.2, 0) is 17.9 Å². The van der Waals surface area contributed by atoms with Gasteiger partial charge in [0.25, 0.3) is 0 Å². The van der Waals surface area contributed by atoms with Crippen LogP contribution in [0.15, 0.2) is 24.3 Å². The van der Waals surface area contributed by atoms with E-state index < -0.39 is 5.60 Å². The average Bonchev–Trinajstić information content (AvgIpc) is 2.95. The van der Waals surface area contributed by atoms with Gasteiger partial charge >= 0.3 is 0 Å². The Morgan fingerprint density at radius 1 is 1.19 bits per heavy atom. The molecule has 1 atom stereocenters. The summed E-state index contributed by atoms with van der Waals surface area (Å²) in [5.41, 5.74) is 3.11. The highest BCUT2D eigenvalue weighted by atomic mass is 16.5. The van der Waals surface area contributed by atoms with Crippen LogP contribution in [0.5, 0.6) is 0 Å². The highest BCUT2D eigenvalue weighted by Crippen LogP contribution is 2.33. The molecule has 3 rings (SSSR count). The third-order valence-electron chi connectivity index (χ3n) is 4.75. The summed E-state index contributed by atoms with van der Waals surface area (Å²) in [6.45, 7) is 11.5. The van der Waals surface area contributed by atoms with Gasteiger partial charge in [-0.3, -0.25) is 4.98 Å². The quantitative estimate of drug-likeness (QED) is 0.682. The number of fused-ring (bicyclic) bond motifs is 3. The van der Waals surface area contributed by atoms with Crippen molar-refractivity contribution in [2.45, 2.75) is 65.7 Å². The van der Waals surface area contributed by atoms with Gasteiger partial charge in [0.2, 0.25) is 0 Å². The number of aliphatic hydroxyl groups is 1. The molecule has 0 aliphatic carbocycles. The van der Waals surface area contributed by atoms with Crippen molar-refractivity contribution >= 4 is 21.9 Å². The van der Waals surface area contributed by atoms with Crippen LogP contribution in [0.2, 0.25) is 0 Å². The largest absolute Gasteiger partial charge is 0.389 e. The van der Waals surface area contributed by atoms with Gasteiger partial charge in [0.05, 0.1) is 28.9 Å². The summed E-state index contributed by atoms with van der Waals surface area (Å²) < 4.78 is 7.77. The molecule has 2 aromatic heterocycles. The molecule has 5 nitrogen and oxygen atoms in total. The summed E-state index contributed by atoms with van der Waals surface area (Å²) in [4.78, 5) is 9.84. The molecular weight excluding hydrogens is 326 g/mol. The van der Waals surface area contributed by atoms with Gasteiger partial charge in [0, 0.05) is 17.9 Å². The Hall–Kier alpha value is -1.98. The van der Waals surface area contributed by atoms with Crippen LogP contribution in [0.25, 0.3) is 21.9 Å². The number of hydrogen-bond acceptors (Lipinski definition) is 4. The average molecular weight is 355 g/mol. The lowest BCUT2D eigenvalue weighted by Crippen LogP contribution is -2.27. The Kier molecular flexibility index (Phi) is 5.30. The maximum atomic E-state index is 10.5. The number of aromatic nitrogens is 3. The third kappa shape index (κ3) is 3.60. The van der Waals surface area contributed by atoms with Crippen molar-refractivity contribution in [1.82, 2.24) is 14.5 Å². The molecule has 0 saturated heterocycles. The zero-order valence-corrected chi connectivity index (χ0v) is 16.4. The van der Waals surface area contributed by atoms with E-state index in [1.54, 1.807) is 0 Å². The zero-order chi connectivity index (χ0) is 18.9. The van der Waals surface area contributed by atoms with E-state index >= 15 is 0 Å². The normalized spacial score (nSPS) is 13.6. The van der Waals surface area contributed by atoms with Crippen molar-refractivity contribution in [2.24, 2.45) is 0 Å². The van der Waals surface area contributed by atoms with E-state index in [1.165, 1.54) is 0 Å². The summed E-state index contributed by atoms with van der Waals surface area (Å²) in [6.07, 6.45) is 1.000. The van der Waals surface area contributed by atoms with Gasteiger partial charge in [-0.25, -0.2) is 4.98 Å².